The van der Waals surface area contributed by atoms with Gasteiger partial charge in [0.25, 0.3) is 0 Å². The Kier molecular flexibility index (Phi) is 25.6. The molecule has 0 fully saturated rings. The molecule has 0 aliphatic rings. The topological polar surface area (TPSA) is 0 Å². The summed E-state index contributed by atoms with van der Waals surface area (Å²) >= 11 is 0. The first kappa shape index (κ1) is 15.6. The number of hydrogen-bond acceptors (Lipinski definition) is 0. The van der Waals surface area contributed by atoms with Crippen LogP contribution in [0.1, 0.15) is 0 Å². The molecule has 2 heteroatoms. The van der Waals surface area contributed by atoms with E-state index in [1.165, 1.54) is 0 Å². The largest absolute Gasteiger partial charge is 2.00 e. The summed E-state index contributed by atoms with van der Waals surface area (Å²) in [6.07, 6.45) is 0. The summed E-state index contributed by atoms with van der Waals surface area (Å²) in [5, 5.41) is 0. The molecule has 0 atom stereocenters. The Morgan fingerprint density at radius 3 is 1.00 bits per heavy atom. The molecule has 0 heterocycles. The second-order valence-corrected chi connectivity index (χ2v) is 0.866. The first-order valence-corrected chi connectivity index (χ1v) is 1.22. The second-order valence-electron chi connectivity index (χ2n) is 0.866. The summed E-state index contributed by atoms with van der Waals surface area (Å²) in [6, 6.07) is 0. The molecule has 0 spiro atoms. The van der Waals surface area contributed by atoms with Crippen molar-refractivity contribution in [2.45, 2.75) is 0 Å². The molecule has 0 aliphatic heterocycles. The van der Waals surface area contributed by atoms with E-state index in [9.17, 15) is 0 Å². The van der Waals surface area contributed by atoms with Crippen molar-refractivity contribution in [2.24, 2.45) is 5.92 Å². The fraction of sp³-hybridized carbons (Fsp3) is 0.250. The monoisotopic (exact) mass is 207 g/mol. The third-order valence-corrected chi connectivity index (χ3v) is 0. The quantitative estimate of drug-likeness (QED) is 0.412. The van der Waals surface area contributed by atoms with Crippen LogP contribution in [0, 0.1) is 26.7 Å². The molecule has 6 heavy (non-hydrogen) atoms. The predicted octanol–water partition coefficient (Wildman–Crippen LogP) is 1.10. The van der Waals surface area contributed by atoms with Crippen LogP contribution in [0.15, 0.2) is 0 Å². The normalized spacial score (nSPS) is 6.00. The van der Waals surface area contributed by atoms with E-state index in [-0.39, 0.29) is 55.7 Å². The summed E-state index contributed by atoms with van der Waals surface area (Å²) in [5.41, 5.74) is 0. The predicted molar refractivity (Wildman–Crippen MR) is 19.6 cm³/mol. The Balaban J connectivity index is -0.0000000450. The number of hydrogen-bond donors (Lipinski definition) is 0. The van der Waals surface area contributed by atoms with E-state index in [1.807, 2.05) is 0 Å². The van der Waals surface area contributed by atoms with Crippen molar-refractivity contribution in [2.75, 3.05) is 0 Å². The first-order valence-electron chi connectivity index (χ1n) is 1.22. The minimum absolute atomic E-state index is 0. The maximum Gasteiger partial charge on any atom is 2.00 e. The number of rotatable bonds is 0. The Labute approximate surface area is 75.8 Å². The van der Waals surface area contributed by atoms with Gasteiger partial charge in [-0.1, -0.05) is 0 Å². The fourth-order valence-corrected chi connectivity index (χ4v) is 0. The van der Waals surface area contributed by atoms with Crippen molar-refractivity contribution in [3.05, 3.63) is 20.8 Å². The zero-order valence-corrected chi connectivity index (χ0v) is 7.36. The molecule has 38 valence electrons. The van der Waals surface area contributed by atoms with Crippen LogP contribution in [-0.2, 0) is 49.8 Å². The SMILES string of the molecule is [CH2-]C([CH2-])[CH2-].[Cu+2].[Y]. The van der Waals surface area contributed by atoms with Crippen LogP contribution in [0.25, 0.3) is 0 Å². The van der Waals surface area contributed by atoms with Crippen molar-refractivity contribution < 1.29 is 49.8 Å². The van der Waals surface area contributed by atoms with Gasteiger partial charge in [-0.2, -0.15) is 0 Å². The van der Waals surface area contributed by atoms with E-state index in [0.717, 1.165) is 0 Å². The van der Waals surface area contributed by atoms with Gasteiger partial charge in [0.15, 0.2) is 0 Å². The molecule has 0 amide bonds. The smallest absolute Gasteiger partial charge is 0.447 e. The molecule has 0 unspecified atom stereocenters. The molecule has 0 aromatic heterocycles. The van der Waals surface area contributed by atoms with Gasteiger partial charge in [-0.25, -0.2) is 0 Å². The van der Waals surface area contributed by atoms with Gasteiger partial charge in [-0.3, -0.25) is 0 Å². The summed E-state index contributed by atoms with van der Waals surface area (Å²) in [5.74, 6) is 0.0833. The van der Waals surface area contributed by atoms with Gasteiger partial charge in [0.05, 0.1) is 0 Å². The molecule has 0 N–H and O–H groups in total. The molecular weight excluding hydrogens is 200 g/mol. The van der Waals surface area contributed by atoms with Crippen molar-refractivity contribution in [3.63, 3.8) is 0 Å². The zero-order valence-electron chi connectivity index (χ0n) is 3.58. The molecule has 0 aromatic carbocycles. The minimum Gasteiger partial charge on any atom is -0.447 e. The van der Waals surface area contributed by atoms with Gasteiger partial charge in [0, 0.05) is 32.7 Å². The Hall–Kier alpha value is 1.62. The molecule has 0 saturated heterocycles. The van der Waals surface area contributed by atoms with Crippen LogP contribution in [0.5, 0.6) is 0 Å². The van der Waals surface area contributed by atoms with Crippen molar-refractivity contribution >= 4 is 0 Å². The van der Waals surface area contributed by atoms with Crippen LogP contribution < -0.4 is 0 Å². The van der Waals surface area contributed by atoms with E-state index in [4.69, 9.17) is 0 Å². The van der Waals surface area contributed by atoms with Crippen LogP contribution in [0.4, 0.5) is 0 Å². The molecule has 0 bridgehead atoms. The molecule has 0 aromatic rings. The third kappa shape index (κ3) is 45.6. The molecular formula is C4H7CuY-. The second kappa shape index (κ2) is 9.80. The van der Waals surface area contributed by atoms with E-state index >= 15 is 0 Å². The maximum absolute atomic E-state index is 3.42. The summed E-state index contributed by atoms with van der Waals surface area (Å²) < 4.78 is 0. The Morgan fingerprint density at radius 1 is 1.00 bits per heavy atom. The zero-order chi connectivity index (χ0) is 3.58. The molecule has 0 aliphatic carbocycles. The van der Waals surface area contributed by atoms with Crippen LogP contribution in [0.3, 0.4) is 0 Å². The van der Waals surface area contributed by atoms with Crippen LogP contribution in [0.2, 0.25) is 0 Å². The van der Waals surface area contributed by atoms with Crippen LogP contribution >= 0.6 is 0 Å². The summed E-state index contributed by atoms with van der Waals surface area (Å²) in [4.78, 5) is 0. The standard InChI is InChI=1S/C4H7.Cu.Y/c1-4(2)3;;/h4H,1-3H2;;/q-3;+2;. The third-order valence-electron chi connectivity index (χ3n) is 0. The molecule has 0 rings (SSSR count). The van der Waals surface area contributed by atoms with Gasteiger partial charge >= 0.3 is 17.1 Å². The molecule has 2 radical (unpaired) electrons. The fourth-order valence-electron chi connectivity index (χ4n) is 0. The van der Waals surface area contributed by atoms with Crippen molar-refractivity contribution in [1.29, 1.82) is 0 Å². The van der Waals surface area contributed by atoms with Crippen molar-refractivity contribution in [3.8, 4) is 0 Å². The van der Waals surface area contributed by atoms with Gasteiger partial charge in [0.1, 0.15) is 0 Å². The average molecular weight is 208 g/mol. The van der Waals surface area contributed by atoms with E-state index < -0.39 is 0 Å². The van der Waals surface area contributed by atoms with Gasteiger partial charge in [0.2, 0.25) is 0 Å². The van der Waals surface area contributed by atoms with E-state index in [1.54, 1.807) is 0 Å². The van der Waals surface area contributed by atoms with Crippen molar-refractivity contribution in [1.82, 2.24) is 0 Å². The summed E-state index contributed by atoms with van der Waals surface area (Å²) in [7, 11) is 0. The maximum atomic E-state index is 3.42. The van der Waals surface area contributed by atoms with Gasteiger partial charge < -0.3 is 26.7 Å². The minimum atomic E-state index is 0. The Bertz CT molecular complexity index is 12.3. The first-order chi connectivity index (χ1) is 1.73. The van der Waals surface area contributed by atoms with E-state index in [0.29, 0.717) is 0 Å². The Morgan fingerprint density at radius 2 is 1.00 bits per heavy atom. The van der Waals surface area contributed by atoms with Crippen LogP contribution in [-0.4, -0.2) is 0 Å². The molecule has 0 nitrogen and oxygen atoms in total. The molecule has 0 saturated carbocycles. The van der Waals surface area contributed by atoms with Gasteiger partial charge in [-0.15, -0.1) is 0 Å². The van der Waals surface area contributed by atoms with E-state index in [2.05, 4.69) is 20.8 Å². The average Bonchev–Trinajstić information content (AvgIpc) is 0.811. The summed E-state index contributed by atoms with van der Waals surface area (Å²) in [6.45, 7) is 10.2. The van der Waals surface area contributed by atoms with Gasteiger partial charge in [-0.05, 0) is 0 Å².